The average Bonchev–Trinajstić information content (AvgIpc) is 3.06. The molecule has 0 radical (unpaired) electrons. The number of halogens is 4. The van der Waals surface area contributed by atoms with Crippen LogP contribution in [0.5, 0.6) is 0 Å². The lowest BCUT2D eigenvalue weighted by Gasteiger charge is -2.16. The number of rotatable bonds is 5. The minimum Gasteiger partial charge on any atom is -0.357 e. The van der Waals surface area contributed by atoms with Crippen LogP contribution in [0.25, 0.3) is 0 Å². The van der Waals surface area contributed by atoms with E-state index in [2.05, 4.69) is 20.9 Å². The summed E-state index contributed by atoms with van der Waals surface area (Å²) in [5.74, 6) is -4.47. The first-order valence-electron chi connectivity index (χ1n) is 7.99. The first-order chi connectivity index (χ1) is 11.5. The predicted octanol–water partition coefficient (Wildman–Crippen LogP) is 3.16. The number of anilines is 1. The van der Waals surface area contributed by atoms with Gasteiger partial charge in [0, 0.05) is 12.6 Å². The van der Waals surface area contributed by atoms with Gasteiger partial charge < -0.3 is 16.0 Å². The van der Waals surface area contributed by atoms with Crippen molar-refractivity contribution < 1.29 is 18.0 Å². The van der Waals surface area contributed by atoms with Gasteiger partial charge in [0.2, 0.25) is 5.91 Å². The molecule has 0 unspecified atom stereocenters. The van der Waals surface area contributed by atoms with Crippen molar-refractivity contribution >= 4 is 41.5 Å². The summed E-state index contributed by atoms with van der Waals surface area (Å²) in [4.78, 5) is 16.0. The summed E-state index contributed by atoms with van der Waals surface area (Å²) < 4.78 is 39.5. The molecule has 140 valence electrons. The van der Waals surface area contributed by atoms with Crippen LogP contribution in [-0.2, 0) is 4.79 Å². The highest BCUT2D eigenvalue weighted by Gasteiger charge is 2.17. The second-order valence-electron chi connectivity index (χ2n) is 5.59. The van der Waals surface area contributed by atoms with Gasteiger partial charge in [0.25, 0.3) is 0 Å². The van der Waals surface area contributed by atoms with E-state index in [4.69, 9.17) is 0 Å². The molecule has 9 heteroatoms. The second kappa shape index (κ2) is 10.5. The Morgan fingerprint density at radius 1 is 1.20 bits per heavy atom. The number of aliphatic imine (C=N–C) groups is 1. The maximum atomic E-state index is 13.5. The fourth-order valence-electron chi connectivity index (χ4n) is 2.55. The van der Waals surface area contributed by atoms with E-state index in [1.165, 1.54) is 0 Å². The first kappa shape index (κ1) is 21.5. The number of hydrogen-bond acceptors (Lipinski definition) is 2. The maximum absolute atomic E-state index is 13.5. The molecule has 0 spiro atoms. The van der Waals surface area contributed by atoms with Crippen molar-refractivity contribution in [2.45, 2.75) is 38.6 Å². The van der Waals surface area contributed by atoms with Crippen LogP contribution in [0.2, 0.25) is 0 Å². The third-order valence-electron chi connectivity index (χ3n) is 3.73. The van der Waals surface area contributed by atoms with Crippen LogP contribution < -0.4 is 16.0 Å². The molecule has 3 N–H and O–H groups in total. The van der Waals surface area contributed by atoms with Gasteiger partial charge >= 0.3 is 0 Å². The van der Waals surface area contributed by atoms with E-state index in [-0.39, 0.29) is 30.5 Å². The summed E-state index contributed by atoms with van der Waals surface area (Å²) in [6, 6.07) is 2.05. The molecule has 1 fully saturated rings. The molecule has 1 aromatic carbocycles. The van der Waals surface area contributed by atoms with Gasteiger partial charge in [0.15, 0.2) is 23.4 Å². The number of carbonyl (C=O) groups is 1. The highest BCUT2D eigenvalue weighted by atomic mass is 127. The number of guanidine groups is 1. The summed E-state index contributed by atoms with van der Waals surface area (Å²) in [5.41, 5.74) is -0.414. The Kier molecular flexibility index (Phi) is 9.01. The lowest BCUT2D eigenvalue weighted by molar-refractivity contribution is -0.114. The van der Waals surface area contributed by atoms with Gasteiger partial charge in [-0.25, -0.2) is 18.2 Å². The number of nitrogens with one attached hydrogen (secondary N) is 3. The third-order valence-corrected chi connectivity index (χ3v) is 3.73. The topological polar surface area (TPSA) is 65.5 Å². The summed E-state index contributed by atoms with van der Waals surface area (Å²) in [7, 11) is 0. The Morgan fingerprint density at radius 3 is 2.52 bits per heavy atom. The summed E-state index contributed by atoms with van der Waals surface area (Å²) in [5, 5.41) is 8.46. The zero-order chi connectivity index (χ0) is 17.5. The van der Waals surface area contributed by atoms with Crippen molar-refractivity contribution in [1.82, 2.24) is 10.6 Å². The minimum absolute atomic E-state index is 0. The third kappa shape index (κ3) is 6.37. The van der Waals surface area contributed by atoms with Gasteiger partial charge in [-0.2, -0.15) is 0 Å². The van der Waals surface area contributed by atoms with E-state index in [9.17, 15) is 18.0 Å². The molecule has 1 aliphatic rings. The zero-order valence-corrected chi connectivity index (χ0v) is 16.2. The van der Waals surface area contributed by atoms with Gasteiger partial charge in [-0.3, -0.25) is 4.79 Å². The largest absolute Gasteiger partial charge is 0.357 e. The number of benzene rings is 1. The van der Waals surface area contributed by atoms with E-state index in [0.717, 1.165) is 37.8 Å². The normalized spacial score (nSPS) is 14.8. The fraction of sp³-hybridized carbons (Fsp3) is 0.500. The molecule has 0 saturated heterocycles. The molecule has 5 nitrogen and oxygen atoms in total. The number of amides is 1. The van der Waals surface area contributed by atoms with E-state index in [1.807, 2.05) is 6.92 Å². The Hall–Kier alpha value is -1.52. The van der Waals surface area contributed by atoms with Crippen molar-refractivity contribution in [1.29, 1.82) is 0 Å². The molecule has 1 saturated carbocycles. The van der Waals surface area contributed by atoms with Gasteiger partial charge in [-0.15, -0.1) is 24.0 Å². The number of carbonyl (C=O) groups excluding carboxylic acids is 1. The van der Waals surface area contributed by atoms with Crippen LogP contribution in [0.4, 0.5) is 18.9 Å². The quantitative estimate of drug-likeness (QED) is 0.268. The molecule has 0 bridgehead atoms. The summed E-state index contributed by atoms with van der Waals surface area (Å²) in [6.45, 7) is 2.28. The summed E-state index contributed by atoms with van der Waals surface area (Å²) in [6.07, 6.45) is 4.42. The van der Waals surface area contributed by atoms with Crippen molar-refractivity contribution in [3.05, 3.63) is 29.6 Å². The predicted molar refractivity (Wildman–Crippen MR) is 102 cm³/mol. The molecule has 0 aromatic heterocycles. The molecule has 0 heterocycles. The molecule has 1 aliphatic carbocycles. The molecular formula is C16H22F3IN4O. The lowest BCUT2D eigenvalue weighted by Crippen LogP contribution is -2.42. The van der Waals surface area contributed by atoms with Gasteiger partial charge in [-0.05, 0) is 31.9 Å². The highest BCUT2D eigenvalue weighted by Crippen LogP contribution is 2.19. The van der Waals surface area contributed by atoms with Gasteiger partial charge in [0.05, 0.1) is 5.69 Å². The smallest absolute Gasteiger partial charge is 0.246 e. The van der Waals surface area contributed by atoms with E-state index in [0.29, 0.717) is 18.5 Å². The van der Waals surface area contributed by atoms with Crippen molar-refractivity contribution in [2.24, 2.45) is 4.99 Å². The molecule has 0 aliphatic heterocycles. The molecule has 1 aromatic rings. The van der Waals surface area contributed by atoms with Crippen LogP contribution in [0.3, 0.4) is 0 Å². The molecule has 0 atom stereocenters. The Balaban J connectivity index is 0.00000312. The minimum atomic E-state index is -1.62. The number of nitrogens with zero attached hydrogens (tertiary/aromatic N) is 1. The number of hydrogen-bond donors (Lipinski definition) is 3. The van der Waals surface area contributed by atoms with Crippen LogP contribution in [0.1, 0.15) is 32.6 Å². The first-order valence-corrected chi connectivity index (χ1v) is 7.99. The molecular weight excluding hydrogens is 448 g/mol. The Bertz CT molecular complexity index is 622. The van der Waals surface area contributed by atoms with Crippen LogP contribution in [-0.4, -0.2) is 31.0 Å². The average molecular weight is 470 g/mol. The standard InChI is InChI=1S/C16H21F3N4O.HI/c1-2-20-16(22-10-5-3-4-6-10)21-9-13(24)23-12-8-7-11(17)14(18)15(12)19;/h7-8,10H,2-6,9H2,1H3,(H,23,24)(H2,20,21,22);1H. The van der Waals surface area contributed by atoms with Crippen LogP contribution >= 0.6 is 24.0 Å². The SMILES string of the molecule is CCNC(=NCC(=O)Nc1ccc(F)c(F)c1F)NC1CCCC1.I. The maximum Gasteiger partial charge on any atom is 0.246 e. The molecule has 2 rings (SSSR count). The second-order valence-corrected chi connectivity index (χ2v) is 5.59. The van der Waals surface area contributed by atoms with Gasteiger partial charge in [0.1, 0.15) is 6.54 Å². The van der Waals surface area contributed by atoms with Crippen molar-refractivity contribution in [2.75, 3.05) is 18.4 Å². The van der Waals surface area contributed by atoms with Gasteiger partial charge in [-0.1, -0.05) is 12.8 Å². The Morgan fingerprint density at radius 2 is 1.88 bits per heavy atom. The van der Waals surface area contributed by atoms with Crippen molar-refractivity contribution in [3.8, 4) is 0 Å². The van der Waals surface area contributed by atoms with Crippen LogP contribution in [0.15, 0.2) is 17.1 Å². The van der Waals surface area contributed by atoms with E-state index < -0.39 is 29.0 Å². The van der Waals surface area contributed by atoms with Crippen LogP contribution in [0, 0.1) is 17.5 Å². The zero-order valence-electron chi connectivity index (χ0n) is 13.9. The lowest BCUT2D eigenvalue weighted by atomic mass is 10.2. The molecule has 25 heavy (non-hydrogen) atoms. The summed E-state index contributed by atoms with van der Waals surface area (Å²) >= 11 is 0. The van der Waals surface area contributed by atoms with E-state index in [1.54, 1.807) is 0 Å². The Labute approximate surface area is 161 Å². The fourth-order valence-corrected chi connectivity index (χ4v) is 2.55. The monoisotopic (exact) mass is 470 g/mol. The molecule has 1 amide bonds. The highest BCUT2D eigenvalue weighted by molar-refractivity contribution is 14.0. The van der Waals surface area contributed by atoms with Crippen molar-refractivity contribution in [3.63, 3.8) is 0 Å². The van der Waals surface area contributed by atoms with E-state index >= 15 is 0 Å².